The molecule has 9 nitrogen and oxygen atoms in total. The largest absolute Gasteiger partial charge is 0.462 e. The number of Topliss-reactive ketones (excluding diaryl/α,β-unsaturated/α-hetero) is 1. The lowest BCUT2D eigenvalue weighted by atomic mass is 9.95. The number of carbonyl (C=O) groups excluding carboxylic acids is 2. The van der Waals surface area contributed by atoms with Crippen molar-refractivity contribution in [3.05, 3.63) is 117 Å². The first-order valence-electron chi connectivity index (χ1n) is 11.1. The van der Waals surface area contributed by atoms with E-state index in [4.69, 9.17) is 4.74 Å². The summed E-state index contributed by atoms with van der Waals surface area (Å²) in [6.07, 6.45) is 0. The molecule has 0 unspecified atom stereocenters. The van der Waals surface area contributed by atoms with Crippen molar-refractivity contribution >= 4 is 17.4 Å². The second-order valence-electron chi connectivity index (χ2n) is 7.74. The van der Waals surface area contributed by atoms with E-state index in [1.54, 1.807) is 55.5 Å². The van der Waals surface area contributed by atoms with E-state index in [2.05, 4.69) is 5.10 Å². The van der Waals surface area contributed by atoms with Gasteiger partial charge in [-0.2, -0.15) is 5.10 Å². The molecule has 0 saturated heterocycles. The van der Waals surface area contributed by atoms with Crippen LogP contribution in [0.25, 0.3) is 22.4 Å². The predicted molar refractivity (Wildman–Crippen MR) is 133 cm³/mol. The van der Waals surface area contributed by atoms with Gasteiger partial charge in [-0.1, -0.05) is 72.8 Å². The number of esters is 1. The molecule has 36 heavy (non-hydrogen) atoms. The van der Waals surface area contributed by atoms with Gasteiger partial charge in [-0.15, -0.1) is 0 Å². The summed E-state index contributed by atoms with van der Waals surface area (Å²) in [4.78, 5) is 50.1. The maximum atomic E-state index is 13.5. The van der Waals surface area contributed by atoms with Gasteiger partial charge in [0.25, 0.3) is 11.2 Å². The third kappa shape index (κ3) is 4.95. The van der Waals surface area contributed by atoms with Crippen LogP contribution in [-0.4, -0.2) is 33.1 Å². The molecular weight excluding hydrogens is 462 g/mol. The second-order valence-corrected chi connectivity index (χ2v) is 7.74. The van der Waals surface area contributed by atoms with Crippen molar-refractivity contribution in [2.45, 2.75) is 13.5 Å². The first kappa shape index (κ1) is 24.2. The fourth-order valence-electron chi connectivity index (χ4n) is 3.77. The van der Waals surface area contributed by atoms with E-state index in [9.17, 15) is 24.5 Å². The summed E-state index contributed by atoms with van der Waals surface area (Å²) >= 11 is 0. The number of hydrogen-bond acceptors (Lipinski definition) is 7. The first-order chi connectivity index (χ1) is 17.4. The Morgan fingerprint density at radius 2 is 1.58 bits per heavy atom. The quantitative estimate of drug-likeness (QED) is 0.156. The standard InChI is InChI=1S/C27H21N3O6/c1-2-36-27(33)24-23(18-10-5-3-6-11-18)25(19-12-7-4-8-13-19)28-29(26(24)32)17-22(31)20-14-9-15-21(16-20)30(34)35/h3-16H,2,17H2,1H3. The summed E-state index contributed by atoms with van der Waals surface area (Å²) < 4.78 is 6.11. The monoisotopic (exact) mass is 483 g/mol. The summed E-state index contributed by atoms with van der Waals surface area (Å²) in [5.74, 6) is -1.41. The van der Waals surface area contributed by atoms with Gasteiger partial charge >= 0.3 is 5.97 Å². The first-order valence-corrected chi connectivity index (χ1v) is 11.1. The molecule has 0 radical (unpaired) electrons. The number of carbonyl (C=O) groups is 2. The number of non-ortho nitro benzene ring substituents is 1. The van der Waals surface area contributed by atoms with Crippen LogP contribution in [0.15, 0.2) is 89.7 Å². The molecule has 3 aromatic carbocycles. The molecule has 0 saturated carbocycles. The minimum absolute atomic E-state index is 0.0438. The van der Waals surface area contributed by atoms with Gasteiger partial charge in [-0.25, -0.2) is 9.48 Å². The van der Waals surface area contributed by atoms with Crippen molar-refractivity contribution in [2.75, 3.05) is 6.61 Å². The highest BCUT2D eigenvalue weighted by Crippen LogP contribution is 2.32. The van der Waals surface area contributed by atoms with Gasteiger partial charge in [0.15, 0.2) is 5.78 Å². The number of rotatable bonds is 8. The molecular formula is C27H21N3O6. The van der Waals surface area contributed by atoms with Gasteiger partial charge in [0, 0.05) is 28.8 Å². The van der Waals surface area contributed by atoms with E-state index in [1.165, 1.54) is 18.2 Å². The molecule has 1 heterocycles. The summed E-state index contributed by atoms with van der Waals surface area (Å²) in [6.45, 7) is 1.15. The molecule has 0 aliphatic rings. The number of ketones is 1. The zero-order valence-corrected chi connectivity index (χ0v) is 19.3. The molecule has 1 aromatic heterocycles. The molecule has 0 bridgehead atoms. The highest BCUT2D eigenvalue weighted by atomic mass is 16.6. The van der Waals surface area contributed by atoms with Gasteiger partial charge < -0.3 is 4.74 Å². The number of nitro benzene ring substituents is 1. The van der Waals surface area contributed by atoms with Gasteiger partial charge in [-0.05, 0) is 12.5 Å². The third-order valence-corrected chi connectivity index (χ3v) is 5.42. The number of nitro groups is 1. The van der Waals surface area contributed by atoms with E-state index in [0.717, 1.165) is 10.7 Å². The number of aromatic nitrogens is 2. The Morgan fingerprint density at radius 1 is 0.944 bits per heavy atom. The maximum absolute atomic E-state index is 13.5. The highest BCUT2D eigenvalue weighted by molar-refractivity contribution is 6.01. The van der Waals surface area contributed by atoms with Gasteiger partial charge in [0.05, 0.1) is 17.2 Å². The summed E-state index contributed by atoms with van der Waals surface area (Å²) in [7, 11) is 0. The number of nitrogens with zero attached hydrogens (tertiary/aromatic N) is 3. The van der Waals surface area contributed by atoms with Crippen LogP contribution in [0.5, 0.6) is 0 Å². The zero-order chi connectivity index (χ0) is 25.7. The highest BCUT2D eigenvalue weighted by Gasteiger charge is 2.27. The lowest BCUT2D eigenvalue weighted by molar-refractivity contribution is -0.384. The normalized spacial score (nSPS) is 10.6. The molecule has 180 valence electrons. The Kier molecular flexibility index (Phi) is 7.10. The SMILES string of the molecule is CCOC(=O)c1c(-c2ccccc2)c(-c2ccccc2)nn(CC(=O)c2cccc([N+](=O)[O-])c2)c1=O. The Morgan fingerprint density at radius 3 is 2.19 bits per heavy atom. The minimum atomic E-state index is -0.836. The van der Waals surface area contributed by atoms with Crippen LogP contribution in [0.2, 0.25) is 0 Å². The maximum Gasteiger partial charge on any atom is 0.344 e. The fraction of sp³-hybridized carbons (Fsp3) is 0.111. The molecule has 0 atom stereocenters. The molecule has 4 aromatic rings. The van der Waals surface area contributed by atoms with Gasteiger partial charge in [-0.3, -0.25) is 19.7 Å². The smallest absolute Gasteiger partial charge is 0.344 e. The van der Waals surface area contributed by atoms with Crippen LogP contribution in [0.3, 0.4) is 0 Å². The van der Waals surface area contributed by atoms with Crippen molar-refractivity contribution in [3.8, 4) is 22.4 Å². The van der Waals surface area contributed by atoms with Gasteiger partial charge in [0.1, 0.15) is 12.1 Å². The van der Waals surface area contributed by atoms with Crippen LogP contribution < -0.4 is 5.56 Å². The Bertz CT molecular complexity index is 1500. The van der Waals surface area contributed by atoms with Crippen molar-refractivity contribution in [3.63, 3.8) is 0 Å². The Hall–Kier alpha value is -4.92. The number of ether oxygens (including phenoxy) is 1. The van der Waals surface area contributed by atoms with Crippen LogP contribution in [-0.2, 0) is 11.3 Å². The third-order valence-electron chi connectivity index (χ3n) is 5.42. The van der Waals surface area contributed by atoms with E-state index in [0.29, 0.717) is 22.4 Å². The zero-order valence-electron chi connectivity index (χ0n) is 19.3. The van der Waals surface area contributed by atoms with Gasteiger partial charge in [0.2, 0.25) is 0 Å². The Balaban J connectivity index is 1.94. The van der Waals surface area contributed by atoms with Crippen molar-refractivity contribution in [1.82, 2.24) is 9.78 Å². The molecule has 0 aliphatic carbocycles. The number of hydrogen-bond donors (Lipinski definition) is 0. The predicted octanol–water partition coefficient (Wildman–Crippen LogP) is 4.55. The molecule has 0 spiro atoms. The number of benzene rings is 3. The van der Waals surface area contributed by atoms with E-state index in [-0.39, 0.29) is 23.4 Å². The van der Waals surface area contributed by atoms with Crippen LogP contribution >= 0.6 is 0 Å². The van der Waals surface area contributed by atoms with E-state index in [1.807, 2.05) is 12.1 Å². The van der Waals surface area contributed by atoms with Crippen LogP contribution in [0.1, 0.15) is 27.6 Å². The molecule has 9 heteroatoms. The summed E-state index contributed by atoms with van der Waals surface area (Å²) in [5.41, 5.74) is 0.566. The lowest BCUT2D eigenvalue weighted by Gasteiger charge is -2.16. The van der Waals surface area contributed by atoms with Crippen molar-refractivity contribution < 1.29 is 19.2 Å². The molecule has 4 rings (SSSR count). The topological polar surface area (TPSA) is 121 Å². The van der Waals surface area contributed by atoms with E-state index < -0.39 is 28.8 Å². The Labute approximate surface area is 205 Å². The van der Waals surface area contributed by atoms with Crippen LogP contribution in [0.4, 0.5) is 5.69 Å². The average molecular weight is 483 g/mol. The van der Waals surface area contributed by atoms with Crippen LogP contribution in [0, 0.1) is 10.1 Å². The second kappa shape index (κ2) is 10.6. The molecule has 0 fully saturated rings. The summed E-state index contributed by atoms with van der Waals surface area (Å²) in [5, 5.41) is 15.6. The minimum Gasteiger partial charge on any atom is -0.462 e. The fourth-order valence-corrected chi connectivity index (χ4v) is 3.77. The van der Waals surface area contributed by atoms with Crippen molar-refractivity contribution in [1.29, 1.82) is 0 Å². The van der Waals surface area contributed by atoms with E-state index >= 15 is 0 Å². The average Bonchev–Trinajstić information content (AvgIpc) is 2.90. The molecule has 0 N–H and O–H groups in total. The molecule has 0 aliphatic heterocycles. The summed E-state index contributed by atoms with van der Waals surface area (Å²) in [6, 6.07) is 23.0. The lowest BCUT2D eigenvalue weighted by Crippen LogP contribution is -2.33. The van der Waals surface area contributed by atoms with Crippen molar-refractivity contribution in [2.24, 2.45) is 0 Å². The molecule has 0 amide bonds.